The van der Waals surface area contributed by atoms with Gasteiger partial charge in [0, 0.05) is 12.6 Å². The van der Waals surface area contributed by atoms with E-state index in [1.807, 2.05) is 0 Å². The molecule has 0 saturated carbocycles. The third kappa shape index (κ3) is 3.92. The number of nitrogens with zero attached hydrogens (tertiary/aromatic N) is 1. The molecular weight excluding hydrogens is 260 g/mol. The van der Waals surface area contributed by atoms with Crippen molar-refractivity contribution in [3.8, 4) is 0 Å². The maximum Gasteiger partial charge on any atom is 0.214 e. The first kappa shape index (κ1) is 15.3. The van der Waals surface area contributed by atoms with Crippen LogP contribution in [0, 0.1) is 11.8 Å². The Balaban J connectivity index is 1.90. The summed E-state index contributed by atoms with van der Waals surface area (Å²) in [6.45, 7) is 7.08. The van der Waals surface area contributed by atoms with Gasteiger partial charge >= 0.3 is 0 Å². The Kier molecular flexibility index (Phi) is 5.26. The Labute approximate surface area is 118 Å². The van der Waals surface area contributed by atoms with Gasteiger partial charge in [-0.3, -0.25) is 0 Å². The van der Waals surface area contributed by atoms with Crippen LogP contribution in [0.3, 0.4) is 0 Å². The maximum atomic E-state index is 12.5. The molecule has 2 aliphatic rings. The van der Waals surface area contributed by atoms with E-state index in [-0.39, 0.29) is 6.04 Å². The predicted molar refractivity (Wildman–Crippen MR) is 78.6 cm³/mol. The molecule has 1 unspecified atom stereocenters. The molecule has 0 spiro atoms. The summed E-state index contributed by atoms with van der Waals surface area (Å²) in [4.78, 5) is 0. The topological polar surface area (TPSA) is 49.4 Å². The Hall–Kier alpha value is -0.130. The van der Waals surface area contributed by atoms with Gasteiger partial charge in [0.15, 0.2) is 0 Å². The molecular formula is C14H28N2O2S. The van der Waals surface area contributed by atoms with Gasteiger partial charge in [-0.1, -0.05) is 13.8 Å². The van der Waals surface area contributed by atoms with Crippen LogP contribution >= 0.6 is 0 Å². The lowest BCUT2D eigenvalue weighted by molar-refractivity contribution is 0.311. The van der Waals surface area contributed by atoms with Crippen LogP contribution in [0.4, 0.5) is 0 Å². The summed E-state index contributed by atoms with van der Waals surface area (Å²) in [5, 5.41) is 3.33. The van der Waals surface area contributed by atoms with E-state index in [0.29, 0.717) is 17.6 Å². The van der Waals surface area contributed by atoms with E-state index in [0.717, 1.165) is 51.7 Å². The third-order valence-corrected chi connectivity index (χ3v) is 6.54. The monoisotopic (exact) mass is 288 g/mol. The molecule has 4 nitrogen and oxygen atoms in total. The van der Waals surface area contributed by atoms with E-state index in [9.17, 15) is 8.42 Å². The second kappa shape index (κ2) is 6.55. The number of sulfonamides is 1. The van der Waals surface area contributed by atoms with Gasteiger partial charge in [0.25, 0.3) is 0 Å². The van der Waals surface area contributed by atoms with Gasteiger partial charge in [0.1, 0.15) is 0 Å². The maximum absolute atomic E-state index is 12.5. The van der Waals surface area contributed by atoms with Gasteiger partial charge in [0.05, 0.1) is 5.75 Å². The molecule has 2 saturated heterocycles. The van der Waals surface area contributed by atoms with Gasteiger partial charge in [-0.2, -0.15) is 4.31 Å². The van der Waals surface area contributed by atoms with E-state index in [1.165, 1.54) is 0 Å². The highest BCUT2D eigenvalue weighted by Crippen LogP contribution is 2.28. The van der Waals surface area contributed by atoms with E-state index < -0.39 is 10.0 Å². The quantitative estimate of drug-likeness (QED) is 0.839. The number of hydrogen-bond donors (Lipinski definition) is 1. The summed E-state index contributed by atoms with van der Waals surface area (Å²) in [5.41, 5.74) is 0. The molecule has 0 aromatic carbocycles. The SMILES string of the molecule is CC(C)C1CCCN1S(=O)(=O)CCC1CCNCC1. The van der Waals surface area contributed by atoms with Crippen LogP contribution in [0.25, 0.3) is 0 Å². The van der Waals surface area contributed by atoms with Gasteiger partial charge in [0.2, 0.25) is 10.0 Å². The van der Waals surface area contributed by atoms with E-state index in [1.54, 1.807) is 4.31 Å². The average molecular weight is 288 g/mol. The molecule has 0 amide bonds. The first-order valence-corrected chi connectivity index (χ1v) is 9.32. The summed E-state index contributed by atoms with van der Waals surface area (Å²) in [7, 11) is -3.04. The molecule has 112 valence electrons. The first-order valence-electron chi connectivity index (χ1n) is 7.71. The van der Waals surface area contributed by atoms with E-state index >= 15 is 0 Å². The average Bonchev–Trinajstić information content (AvgIpc) is 2.88. The molecule has 5 heteroatoms. The van der Waals surface area contributed by atoms with Crippen LogP contribution in [-0.4, -0.2) is 44.2 Å². The number of nitrogens with one attached hydrogen (secondary N) is 1. The van der Waals surface area contributed by atoms with Crippen LogP contribution in [0.2, 0.25) is 0 Å². The summed E-state index contributed by atoms with van der Waals surface area (Å²) in [5.74, 6) is 1.37. The van der Waals surface area contributed by atoms with Crippen LogP contribution in [0.15, 0.2) is 0 Å². The lowest BCUT2D eigenvalue weighted by Gasteiger charge is -2.28. The Morgan fingerprint density at radius 1 is 1.21 bits per heavy atom. The zero-order valence-corrected chi connectivity index (χ0v) is 13.1. The van der Waals surface area contributed by atoms with Crippen molar-refractivity contribution < 1.29 is 8.42 Å². The molecule has 0 bridgehead atoms. The van der Waals surface area contributed by atoms with Gasteiger partial charge in [-0.25, -0.2) is 8.42 Å². The Morgan fingerprint density at radius 3 is 2.53 bits per heavy atom. The molecule has 1 N–H and O–H groups in total. The summed E-state index contributed by atoms with van der Waals surface area (Å²) in [6, 6.07) is 0.234. The van der Waals surface area contributed by atoms with Crippen molar-refractivity contribution in [3.05, 3.63) is 0 Å². The minimum absolute atomic E-state index is 0.234. The molecule has 1 atom stereocenters. The Morgan fingerprint density at radius 2 is 1.89 bits per heavy atom. The zero-order chi connectivity index (χ0) is 13.9. The van der Waals surface area contributed by atoms with Crippen LogP contribution in [-0.2, 0) is 10.0 Å². The molecule has 0 radical (unpaired) electrons. The zero-order valence-electron chi connectivity index (χ0n) is 12.3. The van der Waals surface area contributed by atoms with Crippen molar-refractivity contribution in [1.82, 2.24) is 9.62 Å². The fourth-order valence-corrected chi connectivity index (χ4v) is 5.41. The van der Waals surface area contributed by atoms with E-state index in [2.05, 4.69) is 19.2 Å². The second-order valence-electron chi connectivity index (χ2n) is 6.36. The molecule has 2 heterocycles. The highest BCUT2D eigenvalue weighted by Gasteiger charge is 2.35. The van der Waals surface area contributed by atoms with Crippen LogP contribution in [0.5, 0.6) is 0 Å². The highest BCUT2D eigenvalue weighted by atomic mass is 32.2. The molecule has 0 aromatic heterocycles. The van der Waals surface area contributed by atoms with Crippen molar-refractivity contribution in [2.24, 2.45) is 11.8 Å². The minimum atomic E-state index is -3.04. The molecule has 2 fully saturated rings. The predicted octanol–water partition coefficient (Wildman–Crippen LogP) is 1.83. The minimum Gasteiger partial charge on any atom is -0.317 e. The number of hydrogen-bond acceptors (Lipinski definition) is 3. The summed E-state index contributed by atoms with van der Waals surface area (Å²) < 4.78 is 26.8. The van der Waals surface area contributed by atoms with Gasteiger partial charge in [-0.05, 0) is 57.0 Å². The Bertz CT molecular complexity index is 375. The molecule has 19 heavy (non-hydrogen) atoms. The summed E-state index contributed by atoms with van der Waals surface area (Å²) in [6.07, 6.45) is 5.15. The normalized spacial score (nSPS) is 27.2. The van der Waals surface area contributed by atoms with Gasteiger partial charge in [-0.15, -0.1) is 0 Å². The lowest BCUT2D eigenvalue weighted by atomic mass is 9.96. The van der Waals surface area contributed by atoms with Gasteiger partial charge < -0.3 is 5.32 Å². The van der Waals surface area contributed by atoms with Crippen molar-refractivity contribution in [1.29, 1.82) is 0 Å². The van der Waals surface area contributed by atoms with Crippen molar-refractivity contribution in [3.63, 3.8) is 0 Å². The molecule has 2 aliphatic heterocycles. The largest absolute Gasteiger partial charge is 0.317 e. The van der Waals surface area contributed by atoms with Crippen LogP contribution < -0.4 is 5.32 Å². The summed E-state index contributed by atoms with van der Waals surface area (Å²) >= 11 is 0. The van der Waals surface area contributed by atoms with Crippen LogP contribution in [0.1, 0.15) is 46.0 Å². The number of piperidine rings is 1. The molecule has 0 aromatic rings. The first-order chi connectivity index (χ1) is 9.00. The second-order valence-corrected chi connectivity index (χ2v) is 8.40. The lowest BCUT2D eigenvalue weighted by Crippen LogP contribution is -2.40. The third-order valence-electron chi connectivity index (χ3n) is 4.62. The highest BCUT2D eigenvalue weighted by molar-refractivity contribution is 7.89. The van der Waals surface area contributed by atoms with Crippen molar-refractivity contribution in [2.75, 3.05) is 25.4 Å². The molecule has 0 aliphatic carbocycles. The molecule has 2 rings (SSSR count). The number of rotatable bonds is 5. The van der Waals surface area contributed by atoms with E-state index in [4.69, 9.17) is 0 Å². The standard InChI is InChI=1S/C14H28N2O2S/c1-12(2)14-4-3-10-16(14)19(17,18)11-7-13-5-8-15-9-6-13/h12-15H,3-11H2,1-2H3. The fourth-order valence-electron chi connectivity index (χ4n) is 3.38. The fraction of sp³-hybridized carbons (Fsp3) is 1.00. The smallest absolute Gasteiger partial charge is 0.214 e. The van der Waals surface area contributed by atoms with Crippen molar-refractivity contribution in [2.45, 2.75) is 52.0 Å². The van der Waals surface area contributed by atoms with Crippen molar-refractivity contribution >= 4 is 10.0 Å².